The largest absolute Gasteiger partial charge is 0.351 e. The standard InChI is InChI=1S/C23H25F2N7O/c1-12-28-18-5-4-14(6-19(18)32(12)11-20(24)25)16-9-26-21-17(16)10-27-22(30-21)29-15-7-23(3,8-15)31-13(2)33/h4-6,9-10,15,20H,7-8,11H2,1-3H3,(H,31,33)(H2,26,27,29,30)/t15-,23-. The number of benzene rings is 1. The minimum atomic E-state index is -2.45. The Morgan fingerprint density at radius 3 is 2.85 bits per heavy atom. The highest BCUT2D eigenvalue weighted by atomic mass is 19.3. The Morgan fingerprint density at radius 2 is 2.12 bits per heavy atom. The molecule has 1 aromatic carbocycles. The molecule has 0 atom stereocenters. The number of alkyl halides is 2. The molecule has 1 saturated carbocycles. The van der Waals surface area contributed by atoms with E-state index in [1.165, 1.54) is 6.92 Å². The van der Waals surface area contributed by atoms with Gasteiger partial charge in [0.05, 0.1) is 17.6 Å². The van der Waals surface area contributed by atoms with Gasteiger partial charge in [-0.25, -0.2) is 18.7 Å². The summed E-state index contributed by atoms with van der Waals surface area (Å²) >= 11 is 0. The van der Waals surface area contributed by atoms with Crippen LogP contribution in [0.4, 0.5) is 14.7 Å². The van der Waals surface area contributed by atoms with Crippen LogP contribution in [0.2, 0.25) is 0 Å². The summed E-state index contributed by atoms with van der Waals surface area (Å²) in [7, 11) is 0. The summed E-state index contributed by atoms with van der Waals surface area (Å²) < 4.78 is 27.6. The molecule has 172 valence electrons. The number of aromatic nitrogens is 5. The molecule has 3 aromatic heterocycles. The average Bonchev–Trinajstić information content (AvgIpc) is 3.26. The van der Waals surface area contributed by atoms with Gasteiger partial charge in [-0.2, -0.15) is 4.98 Å². The van der Waals surface area contributed by atoms with Gasteiger partial charge in [-0.15, -0.1) is 0 Å². The number of carbonyl (C=O) groups is 1. The van der Waals surface area contributed by atoms with E-state index in [0.29, 0.717) is 28.5 Å². The Morgan fingerprint density at radius 1 is 1.33 bits per heavy atom. The number of hydrogen-bond acceptors (Lipinski definition) is 5. The predicted octanol–water partition coefficient (Wildman–Crippen LogP) is 4.02. The average molecular weight is 453 g/mol. The third kappa shape index (κ3) is 4.01. The van der Waals surface area contributed by atoms with Gasteiger partial charge in [-0.3, -0.25) is 4.79 Å². The van der Waals surface area contributed by atoms with Crippen LogP contribution < -0.4 is 10.6 Å². The van der Waals surface area contributed by atoms with Crippen molar-refractivity contribution in [3.63, 3.8) is 0 Å². The Hall–Kier alpha value is -3.56. The molecule has 0 unspecified atom stereocenters. The lowest BCUT2D eigenvalue weighted by atomic mass is 9.74. The highest BCUT2D eigenvalue weighted by Gasteiger charge is 2.41. The molecule has 33 heavy (non-hydrogen) atoms. The second-order valence-corrected chi connectivity index (χ2v) is 9.01. The fourth-order valence-corrected chi connectivity index (χ4v) is 4.83. The fraction of sp³-hybridized carbons (Fsp3) is 0.391. The summed E-state index contributed by atoms with van der Waals surface area (Å²) in [6.45, 7) is 4.90. The van der Waals surface area contributed by atoms with Gasteiger partial charge < -0.3 is 20.2 Å². The Bertz CT molecular complexity index is 1350. The van der Waals surface area contributed by atoms with Gasteiger partial charge >= 0.3 is 0 Å². The minimum absolute atomic E-state index is 0.0295. The van der Waals surface area contributed by atoms with E-state index in [1.807, 2.05) is 31.3 Å². The molecule has 4 aromatic rings. The number of H-pyrrole nitrogens is 1. The summed E-state index contributed by atoms with van der Waals surface area (Å²) in [5.74, 6) is 1.05. The van der Waals surface area contributed by atoms with Crippen LogP contribution >= 0.6 is 0 Å². The normalized spacial score (nSPS) is 20.4. The molecule has 5 rings (SSSR count). The van der Waals surface area contributed by atoms with Crippen molar-refractivity contribution in [1.29, 1.82) is 0 Å². The summed E-state index contributed by atoms with van der Waals surface area (Å²) in [5.41, 5.74) is 3.61. The molecular weight excluding hydrogens is 428 g/mol. The second-order valence-electron chi connectivity index (χ2n) is 9.01. The lowest BCUT2D eigenvalue weighted by Crippen LogP contribution is -2.59. The van der Waals surface area contributed by atoms with Gasteiger partial charge in [0.2, 0.25) is 11.9 Å². The van der Waals surface area contributed by atoms with Gasteiger partial charge in [0.1, 0.15) is 11.5 Å². The molecule has 10 heteroatoms. The number of halogens is 2. The van der Waals surface area contributed by atoms with E-state index in [2.05, 4.69) is 30.6 Å². The van der Waals surface area contributed by atoms with Crippen LogP contribution in [0, 0.1) is 6.92 Å². The van der Waals surface area contributed by atoms with E-state index in [4.69, 9.17) is 0 Å². The van der Waals surface area contributed by atoms with Gasteiger partial charge in [-0.1, -0.05) is 6.07 Å². The molecule has 0 saturated heterocycles. The third-order valence-electron chi connectivity index (χ3n) is 6.21. The first-order valence-electron chi connectivity index (χ1n) is 10.9. The van der Waals surface area contributed by atoms with Crippen LogP contribution in [0.25, 0.3) is 33.2 Å². The van der Waals surface area contributed by atoms with Crippen molar-refractivity contribution in [2.45, 2.75) is 58.2 Å². The number of aryl methyl sites for hydroxylation is 1. The van der Waals surface area contributed by atoms with Crippen LogP contribution in [0.5, 0.6) is 0 Å². The van der Waals surface area contributed by atoms with E-state index >= 15 is 0 Å². The van der Waals surface area contributed by atoms with Crippen LogP contribution in [0.1, 0.15) is 32.5 Å². The monoisotopic (exact) mass is 453 g/mol. The quantitative estimate of drug-likeness (QED) is 0.410. The van der Waals surface area contributed by atoms with Crippen molar-refractivity contribution >= 4 is 33.9 Å². The summed E-state index contributed by atoms with van der Waals surface area (Å²) in [6, 6.07) is 5.84. The van der Waals surface area contributed by atoms with Crippen molar-refractivity contribution < 1.29 is 13.6 Å². The first-order valence-corrected chi connectivity index (χ1v) is 10.9. The van der Waals surface area contributed by atoms with E-state index in [-0.39, 0.29) is 24.0 Å². The van der Waals surface area contributed by atoms with E-state index in [9.17, 15) is 13.6 Å². The van der Waals surface area contributed by atoms with Gasteiger partial charge in [0, 0.05) is 41.8 Å². The van der Waals surface area contributed by atoms with Crippen LogP contribution in [0.3, 0.4) is 0 Å². The molecule has 1 fully saturated rings. The zero-order valence-corrected chi connectivity index (χ0v) is 18.6. The Labute approximate surface area is 188 Å². The van der Waals surface area contributed by atoms with E-state index in [1.54, 1.807) is 17.7 Å². The zero-order valence-electron chi connectivity index (χ0n) is 18.6. The van der Waals surface area contributed by atoms with Crippen molar-refractivity contribution in [2.75, 3.05) is 5.32 Å². The molecule has 3 heterocycles. The molecule has 1 amide bonds. The molecular formula is C23H25F2N7O. The van der Waals surface area contributed by atoms with Crippen molar-refractivity contribution in [1.82, 2.24) is 29.8 Å². The SMILES string of the molecule is CC(=O)N[C@]1(C)C[C@@H](Nc2ncc3c(-c4ccc5nc(C)n(CC(F)F)c5c4)c[nH]c3n2)C1. The smallest absolute Gasteiger partial charge is 0.256 e. The lowest BCUT2D eigenvalue weighted by Gasteiger charge is -2.45. The fourth-order valence-electron chi connectivity index (χ4n) is 4.83. The topological polar surface area (TPSA) is 101 Å². The van der Waals surface area contributed by atoms with Crippen LogP contribution in [-0.4, -0.2) is 48.4 Å². The van der Waals surface area contributed by atoms with Crippen molar-refractivity contribution in [2.24, 2.45) is 0 Å². The number of nitrogens with one attached hydrogen (secondary N) is 3. The number of nitrogens with zero attached hydrogens (tertiary/aromatic N) is 4. The number of fused-ring (bicyclic) bond motifs is 2. The number of anilines is 1. The number of amides is 1. The molecule has 1 aliphatic carbocycles. The summed E-state index contributed by atoms with van der Waals surface area (Å²) in [6.07, 6.45) is 2.76. The van der Waals surface area contributed by atoms with Crippen LogP contribution in [-0.2, 0) is 11.3 Å². The number of carbonyl (C=O) groups excluding carboxylic acids is 1. The van der Waals surface area contributed by atoms with E-state index < -0.39 is 6.43 Å². The highest BCUT2D eigenvalue weighted by molar-refractivity contribution is 5.95. The molecule has 8 nitrogen and oxygen atoms in total. The van der Waals surface area contributed by atoms with Crippen LogP contribution in [0.15, 0.2) is 30.6 Å². The Kier molecular flexibility index (Phi) is 5.02. The van der Waals surface area contributed by atoms with E-state index in [0.717, 1.165) is 29.4 Å². The number of aromatic amines is 1. The molecule has 0 bridgehead atoms. The molecule has 0 radical (unpaired) electrons. The Balaban J connectivity index is 1.39. The summed E-state index contributed by atoms with van der Waals surface area (Å²) in [4.78, 5) is 28.0. The molecule has 3 N–H and O–H groups in total. The third-order valence-corrected chi connectivity index (χ3v) is 6.21. The maximum absolute atomic E-state index is 13.0. The predicted molar refractivity (Wildman–Crippen MR) is 122 cm³/mol. The summed E-state index contributed by atoms with van der Waals surface area (Å²) in [5, 5.41) is 7.14. The lowest BCUT2D eigenvalue weighted by molar-refractivity contribution is -0.121. The van der Waals surface area contributed by atoms with Gasteiger partial charge in [-0.05, 0) is 44.4 Å². The first-order chi connectivity index (χ1) is 15.7. The van der Waals surface area contributed by atoms with Crippen molar-refractivity contribution in [3.8, 4) is 11.1 Å². The zero-order chi connectivity index (χ0) is 23.3. The molecule has 0 spiro atoms. The van der Waals surface area contributed by atoms with Gasteiger partial charge in [0.25, 0.3) is 6.43 Å². The molecule has 1 aliphatic rings. The first kappa shape index (κ1) is 21.3. The molecule has 0 aliphatic heterocycles. The second kappa shape index (κ2) is 7.79. The number of imidazole rings is 1. The van der Waals surface area contributed by atoms with Crippen molar-refractivity contribution in [3.05, 3.63) is 36.4 Å². The maximum atomic E-state index is 13.0. The maximum Gasteiger partial charge on any atom is 0.256 e. The van der Waals surface area contributed by atoms with Gasteiger partial charge in [0.15, 0.2) is 0 Å². The number of rotatable bonds is 6. The number of hydrogen-bond donors (Lipinski definition) is 3. The highest BCUT2D eigenvalue weighted by Crippen LogP contribution is 2.34. The minimum Gasteiger partial charge on any atom is -0.351 e.